The van der Waals surface area contributed by atoms with Crippen molar-refractivity contribution in [3.05, 3.63) is 76.3 Å². The fourth-order valence-corrected chi connectivity index (χ4v) is 6.86. The molecule has 2 amide bonds. The number of anilines is 1. The highest BCUT2D eigenvalue weighted by atomic mass is 35.5. The SMILES string of the molecule is Cc1cc(Cl)c(NC(=O)CC(CC(=O)O)c2cccc3ccccc23)c(C(=O)N2CCC3(CCCC3)CC2)c1. The maximum atomic E-state index is 13.7. The number of carbonyl (C=O) groups is 3. The Hall–Kier alpha value is -3.38. The van der Waals surface area contributed by atoms with Crippen LogP contribution in [-0.4, -0.2) is 40.9 Å². The van der Waals surface area contributed by atoms with E-state index >= 15 is 0 Å². The Bertz CT molecular complexity index is 1400. The van der Waals surface area contributed by atoms with E-state index in [9.17, 15) is 19.5 Å². The maximum absolute atomic E-state index is 13.7. The van der Waals surface area contributed by atoms with Crippen molar-refractivity contribution in [2.24, 2.45) is 5.41 Å². The van der Waals surface area contributed by atoms with Gasteiger partial charge in [0.1, 0.15) is 0 Å². The smallest absolute Gasteiger partial charge is 0.303 e. The number of likely N-dealkylation sites (tertiary alicyclic amines) is 1. The molecule has 1 saturated carbocycles. The normalized spacial score (nSPS) is 17.3. The predicted octanol–water partition coefficient (Wildman–Crippen LogP) is 7.19. The van der Waals surface area contributed by atoms with E-state index in [1.165, 1.54) is 25.7 Å². The minimum atomic E-state index is -0.977. The van der Waals surface area contributed by atoms with Crippen molar-refractivity contribution in [1.29, 1.82) is 0 Å². The molecule has 0 bridgehead atoms. The van der Waals surface area contributed by atoms with E-state index in [4.69, 9.17) is 11.6 Å². The van der Waals surface area contributed by atoms with Crippen LogP contribution in [0, 0.1) is 12.3 Å². The molecular weight excluding hydrogens is 512 g/mol. The monoisotopic (exact) mass is 546 g/mol. The van der Waals surface area contributed by atoms with Gasteiger partial charge in [0.25, 0.3) is 5.91 Å². The molecule has 39 heavy (non-hydrogen) atoms. The first kappa shape index (κ1) is 27.2. The number of rotatable bonds is 7. The fourth-order valence-electron chi connectivity index (χ4n) is 6.54. The van der Waals surface area contributed by atoms with Crippen LogP contribution in [0.1, 0.15) is 78.8 Å². The molecule has 204 valence electrons. The molecule has 2 fully saturated rings. The lowest BCUT2D eigenvalue weighted by Gasteiger charge is -2.39. The third kappa shape index (κ3) is 5.96. The van der Waals surface area contributed by atoms with Crippen molar-refractivity contribution < 1.29 is 19.5 Å². The average molecular weight is 547 g/mol. The maximum Gasteiger partial charge on any atom is 0.303 e. The van der Waals surface area contributed by atoms with Crippen molar-refractivity contribution in [1.82, 2.24) is 4.90 Å². The molecule has 6 nitrogen and oxygen atoms in total. The number of nitrogens with one attached hydrogen (secondary N) is 1. The van der Waals surface area contributed by atoms with E-state index in [2.05, 4.69) is 5.32 Å². The highest BCUT2D eigenvalue weighted by molar-refractivity contribution is 6.34. The molecule has 0 aromatic heterocycles. The Labute approximate surface area is 234 Å². The van der Waals surface area contributed by atoms with Crippen LogP contribution in [-0.2, 0) is 9.59 Å². The van der Waals surface area contributed by atoms with Crippen LogP contribution in [0.25, 0.3) is 10.8 Å². The second kappa shape index (κ2) is 11.4. The average Bonchev–Trinajstić information content (AvgIpc) is 3.37. The van der Waals surface area contributed by atoms with Gasteiger partial charge in [-0.25, -0.2) is 0 Å². The van der Waals surface area contributed by atoms with Gasteiger partial charge in [-0.1, -0.05) is 66.9 Å². The standard InChI is InChI=1S/C32H35ClN2O4/c1-21-17-26(31(39)35-15-13-32(14-16-35)11-4-5-12-32)30(27(33)18-21)34-28(36)19-23(20-29(37)38)25-10-6-8-22-7-2-3-9-24(22)25/h2-3,6-10,17-18,23H,4-5,11-16,19-20H2,1H3,(H,34,36)(H,37,38). The van der Waals surface area contributed by atoms with Crippen LogP contribution in [0.5, 0.6) is 0 Å². The minimum Gasteiger partial charge on any atom is -0.481 e. The molecule has 3 aromatic carbocycles. The van der Waals surface area contributed by atoms with Gasteiger partial charge in [-0.3, -0.25) is 14.4 Å². The zero-order chi connectivity index (χ0) is 27.6. The second-order valence-corrected chi connectivity index (χ2v) is 11.7. The second-order valence-electron chi connectivity index (χ2n) is 11.3. The molecule has 1 heterocycles. The molecule has 1 atom stereocenters. The summed E-state index contributed by atoms with van der Waals surface area (Å²) in [6.45, 7) is 3.29. The van der Waals surface area contributed by atoms with Crippen LogP contribution in [0.15, 0.2) is 54.6 Å². The van der Waals surface area contributed by atoms with Crippen LogP contribution >= 0.6 is 11.6 Å². The highest BCUT2D eigenvalue weighted by Gasteiger charge is 2.38. The summed E-state index contributed by atoms with van der Waals surface area (Å²) in [6, 6.07) is 17.0. The summed E-state index contributed by atoms with van der Waals surface area (Å²) in [6.07, 6.45) is 6.85. The largest absolute Gasteiger partial charge is 0.481 e. The van der Waals surface area contributed by atoms with Crippen LogP contribution in [0.3, 0.4) is 0 Å². The number of carboxylic acids is 1. The first-order valence-electron chi connectivity index (χ1n) is 13.8. The molecule has 1 aliphatic carbocycles. The van der Waals surface area contributed by atoms with E-state index < -0.39 is 11.9 Å². The van der Waals surface area contributed by atoms with Crippen molar-refractivity contribution in [2.45, 2.75) is 64.2 Å². The van der Waals surface area contributed by atoms with Crippen molar-refractivity contribution in [3.63, 3.8) is 0 Å². The van der Waals surface area contributed by atoms with Crippen molar-refractivity contribution in [2.75, 3.05) is 18.4 Å². The van der Waals surface area contributed by atoms with E-state index in [0.29, 0.717) is 34.8 Å². The predicted molar refractivity (Wildman–Crippen MR) is 154 cm³/mol. The Morgan fingerprint density at radius 2 is 1.67 bits per heavy atom. The van der Waals surface area contributed by atoms with Gasteiger partial charge >= 0.3 is 5.97 Å². The number of aryl methyl sites for hydroxylation is 1. The zero-order valence-electron chi connectivity index (χ0n) is 22.3. The number of hydrogen-bond donors (Lipinski definition) is 2. The lowest BCUT2D eigenvalue weighted by atomic mass is 9.77. The summed E-state index contributed by atoms with van der Waals surface area (Å²) in [5.41, 5.74) is 2.72. The molecule has 5 rings (SSSR count). The van der Waals surface area contributed by atoms with Gasteiger partial charge in [0.15, 0.2) is 0 Å². The van der Waals surface area contributed by atoms with Crippen molar-refractivity contribution >= 4 is 45.8 Å². The fraction of sp³-hybridized carbons (Fsp3) is 0.406. The van der Waals surface area contributed by atoms with Crippen LogP contribution in [0.4, 0.5) is 5.69 Å². The Balaban J connectivity index is 1.37. The molecular formula is C32H35ClN2O4. The van der Waals surface area contributed by atoms with E-state index in [0.717, 1.165) is 34.7 Å². The molecule has 2 N–H and O–H groups in total. The van der Waals surface area contributed by atoms with E-state index in [-0.39, 0.29) is 24.7 Å². The summed E-state index contributed by atoms with van der Waals surface area (Å²) in [5.74, 6) is -2.02. The topological polar surface area (TPSA) is 86.7 Å². The molecule has 2 aliphatic rings. The van der Waals surface area contributed by atoms with Gasteiger partial charge < -0.3 is 15.3 Å². The van der Waals surface area contributed by atoms with Gasteiger partial charge in [0.05, 0.1) is 22.7 Å². The Morgan fingerprint density at radius 1 is 0.974 bits per heavy atom. The van der Waals surface area contributed by atoms with Gasteiger partial charge in [-0.05, 0) is 72.1 Å². The number of piperidine rings is 1. The summed E-state index contributed by atoms with van der Waals surface area (Å²) in [4.78, 5) is 40.7. The number of benzene rings is 3. The molecule has 1 aliphatic heterocycles. The van der Waals surface area contributed by atoms with Gasteiger partial charge in [0.2, 0.25) is 5.91 Å². The minimum absolute atomic E-state index is 0.0512. The number of fused-ring (bicyclic) bond motifs is 1. The van der Waals surface area contributed by atoms with E-state index in [1.54, 1.807) is 12.1 Å². The highest BCUT2D eigenvalue weighted by Crippen LogP contribution is 2.46. The summed E-state index contributed by atoms with van der Waals surface area (Å²) >= 11 is 6.60. The molecule has 1 spiro atoms. The molecule has 1 unspecified atom stereocenters. The molecule has 7 heteroatoms. The van der Waals surface area contributed by atoms with Gasteiger partial charge in [0, 0.05) is 25.4 Å². The van der Waals surface area contributed by atoms with Crippen LogP contribution in [0.2, 0.25) is 5.02 Å². The van der Waals surface area contributed by atoms with Gasteiger partial charge in [-0.2, -0.15) is 0 Å². The van der Waals surface area contributed by atoms with Crippen molar-refractivity contribution in [3.8, 4) is 0 Å². The number of carboxylic acid groups (broad SMARTS) is 1. The first-order chi connectivity index (χ1) is 18.7. The summed E-state index contributed by atoms with van der Waals surface area (Å²) in [5, 5.41) is 14.7. The number of aliphatic carboxylic acids is 1. The Kier molecular flexibility index (Phi) is 7.94. The lowest BCUT2D eigenvalue weighted by molar-refractivity contribution is -0.137. The first-order valence-corrected chi connectivity index (χ1v) is 14.2. The quantitative estimate of drug-likeness (QED) is 0.328. The molecule has 3 aromatic rings. The molecule has 0 radical (unpaired) electrons. The van der Waals surface area contributed by atoms with Crippen LogP contribution < -0.4 is 5.32 Å². The number of hydrogen-bond acceptors (Lipinski definition) is 3. The molecule has 1 saturated heterocycles. The third-order valence-corrected chi connectivity index (χ3v) is 8.92. The Morgan fingerprint density at radius 3 is 2.38 bits per heavy atom. The van der Waals surface area contributed by atoms with Gasteiger partial charge in [-0.15, -0.1) is 0 Å². The van der Waals surface area contributed by atoms with E-state index in [1.807, 2.05) is 54.3 Å². The number of halogens is 1. The zero-order valence-corrected chi connectivity index (χ0v) is 23.1. The summed E-state index contributed by atoms with van der Waals surface area (Å²) in [7, 11) is 0. The number of amides is 2. The number of nitrogens with zero attached hydrogens (tertiary/aromatic N) is 1. The lowest BCUT2D eigenvalue weighted by Crippen LogP contribution is -2.42. The third-order valence-electron chi connectivity index (χ3n) is 8.62. The number of carbonyl (C=O) groups excluding carboxylic acids is 2. The summed E-state index contributed by atoms with van der Waals surface area (Å²) < 4.78 is 0.